The number of aliphatic carboxylic acids is 1. The molecule has 3 fully saturated rings. The van der Waals surface area contributed by atoms with Crippen LogP contribution in [0, 0.1) is 16.7 Å². The van der Waals surface area contributed by atoms with Crippen molar-refractivity contribution in [3.8, 4) is 17.2 Å². The van der Waals surface area contributed by atoms with E-state index in [1.807, 2.05) is 0 Å². The zero-order valence-electron chi connectivity index (χ0n) is 29.2. The first-order valence-corrected chi connectivity index (χ1v) is 19.6. The van der Waals surface area contributed by atoms with Crippen molar-refractivity contribution in [2.45, 2.75) is 124 Å². The van der Waals surface area contributed by atoms with Gasteiger partial charge in [-0.1, -0.05) is 69.5 Å². The van der Waals surface area contributed by atoms with Crippen LogP contribution in [0.2, 0.25) is 5.15 Å². The maximum Gasteiger partial charge on any atom is 0.417 e. The summed E-state index contributed by atoms with van der Waals surface area (Å²) >= 11 is 5.78. The number of halogens is 7. The quantitative estimate of drug-likeness (QED) is 0.104. The normalized spacial score (nSPS) is 20.2. The number of carboxylic acid groups (broad SMARTS) is 1. The van der Waals surface area contributed by atoms with Gasteiger partial charge in [0.25, 0.3) is 0 Å². The van der Waals surface area contributed by atoms with Crippen molar-refractivity contribution in [1.29, 1.82) is 5.26 Å². The highest BCUT2D eigenvalue weighted by atomic mass is 35.5. The molecule has 1 aromatic carbocycles. The maximum absolute atomic E-state index is 14.0. The van der Waals surface area contributed by atoms with Crippen LogP contribution in [0.3, 0.4) is 0 Å². The van der Waals surface area contributed by atoms with Gasteiger partial charge in [-0.25, -0.2) is 18.2 Å². The van der Waals surface area contributed by atoms with E-state index in [2.05, 4.69) is 23.3 Å². The highest BCUT2D eigenvalue weighted by Crippen LogP contribution is 2.59. The average molecular weight is 793 g/mol. The van der Waals surface area contributed by atoms with E-state index in [1.54, 1.807) is 0 Å². The maximum atomic E-state index is 14.0. The van der Waals surface area contributed by atoms with Crippen LogP contribution in [-0.2, 0) is 25.6 Å². The van der Waals surface area contributed by atoms with Crippen molar-refractivity contribution in [3.05, 3.63) is 47.2 Å². The number of sulfone groups is 1. The molecule has 0 radical (unpaired) electrons. The predicted octanol–water partition coefficient (Wildman–Crippen LogP) is 8.36. The summed E-state index contributed by atoms with van der Waals surface area (Å²) in [5.74, 6) is -3.35. The van der Waals surface area contributed by atoms with Crippen LogP contribution < -0.4 is 5.32 Å². The third kappa shape index (κ3) is 10.2. The Morgan fingerprint density at radius 3 is 2.09 bits per heavy atom. The van der Waals surface area contributed by atoms with Crippen LogP contribution >= 0.6 is 11.6 Å². The van der Waals surface area contributed by atoms with Crippen molar-refractivity contribution in [2.24, 2.45) is 5.41 Å². The number of benzene rings is 1. The number of nitrogens with one attached hydrogen (secondary N) is 1. The Hall–Kier alpha value is -3.42. The number of pyridine rings is 1. The van der Waals surface area contributed by atoms with E-state index in [0.29, 0.717) is 17.0 Å². The molecule has 17 heteroatoms. The molecule has 2 saturated carbocycles. The summed E-state index contributed by atoms with van der Waals surface area (Å²) in [6.07, 6.45) is 2.01. The van der Waals surface area contributed by atoms with Gasteiger partial charge in [-0.2, -0.15) is 31.6 Å². The number of unbranched alkanes of at least 4 members (excludes halogenated alkanes) is 7. The second-order valence-electron chi connectivity index (χ2n) is 14.0. The topological polar surface area (TPSA) is 140 Å². The number of carbonyl (C=O) groups is 2. The molecular formula is C36H43ClF6N4O5S. The molecule has 2 aliphatic carbocycles. The number of carboxylic acids is 1. The molecule has 2 atom stereocenters. The van der Waals surface area contributed by atoms with Gasteiger partial charge in [0, 0.05) is 12.7 Å². The summed E-state index contributed by atoms with van der Waals surface area (Å²) in [5.41, 5.74) is -4.31. The number of alkyl halides is 6. The van der Waals surface area contributed by atoms with Gasteiger partial charge in [0.2, 0.25) is 5.91 Å². The zero-order chi connectivity index (χ0) is 39.2. The number of hydrogen-bond acceptors (Lipinski definition) is 7. The third-order valence-electron chi connectivity index (χ3n) is 10.1. The lowest BCUT2D eigenvalue weighted by atomic mass is 10.0. The molecule has 1 amide bonds. The highest BCUT2D eigenvalue weighted by molar-refractivity contribution is 7.92. The predicted molar refractivity (Wildman–Crippen MR) is 184 cm³/mol. The van der Waals surface area contributed by atoms with E-state index >= 15 is 0 Å². The van der Waals surface area contributed by atoms with E-state index < -0.39 is 87.0 Å². The Balaban J connectivity index is 0.000000328. The van der Waals surface area contributed by atoms with Gasteiger partial charge >= 0.3 is 18.3 Å². The molecule has 9 nitrogen and oxygen atoms in total. The van der Waals surface area contributed by atoms with E-state index in [-0.39, 0.29) is 21.8 Å². The Kier molecular flexibility index (Phi) is 13.5. The SMILES string of the molecule is CCCCCCCCCCNC1(C#N)CC1.O=C(O)[C@@H]1C[C@@H](S(=O)(=O)c2ccc(-c3ccnc(Cl)c3)cc2C(F)(F)F)CN1C(=O)C1(C(F)(F)F)CC1. The van der Waals surface area contributed by atoms with Crippen LogP contribution in [0.1, 0.15) is 96.0 Å². The van der Waals surface area contributed by atoms with Crippen molar-refractivity contribution in [1.82, 2.24) is 15.2 Å². The smallest absolute Gasteiger partial charge is 0.417 e. The van der Waals surface area contributed by atoms with Gasteiger partial charge in [-0.05, 0) is 80.5 Å². The highest BCUT2D eigenvalue weighted by Gasteiger charge is 2.70. The lowest BCUT2D eigenvalue weighted by Crippen LogP contribution is -2.48. The Morgan fingerprint density at radius 2 is 1.58 bits per heavy atom. The molecule has 292 valence electrons. The van der Waals surface area contributed by atoms with Gasteiger partial charge in [-0.15, -0.1) is 0 Å². The van der Waals surface area contributed by atoms with E-state index in [9.17, 15) is 49.5 Å². The molecule has 0 spiro atoms. The van der Waals surface area contributed by atoms with Gasteiger partial charge in [0.15, 0.2) is 9.84 Å². The first kappa shape index (κ1) is 42.3. The second kappa shape index (κ2) is 16.9. The van der Waals surface area contributed by atoms with E-state index in [4.69, 9.17) is 16.9 Å². The molecule has 1 saturated heterocycles. The minimum Gasteiger partial charge on any atom is -0.480 e. The molecule has 0 bridgehead atoms. The molecule has 1 aromatic heterocycles. The summed E-state index contributed by atoms with van der Waals surface area (Å²) in [4.78, 5) is 27.3. The number of likely N-dealkylation sites (tertiary alicyclic amines) is 1. The molecule has 53 heavy (non-hydrogen) atoms. The molecule has 0 unspecified atom stereocenters. The van der Waals surface area contributed by atoms with Gasteiger partial charge < -0.3 is 10.0 Å². The van der Waals surface area contributed by atoms with Crippen LogP contribution in [-0.4, -0.2) is 71.4 Å². The van der Waals surface area contributed by atoms with Crippen molar-refractivity contribution >= 4 is 33.3 Å². The van der Waals surface area contributed by atoms with Crippen LogP contribution in [0.15, 0.2) is 41.4 Å². The molecule has 2 heterocycles. The molecule has 3 aliphatic rings. The number of amides is 1. The summed E-state index contributed by atoms with van der Waals surface area (Å²) in [6.45, 7) is 2.30. The van der Waals surface area contributed by atoms with Crippen LogP contribution in [0.5, 0.6) is 0 Å². The minimum atomic E-state index is -5.16. The fraction of sp³-hybridized carbons (Fsp3) is 0.611. The zero-order valence-corrected chi connectivity index (χ0v) is 30.8. The van der Waals surface area contributed by atoms with Crippen LogP contribution in [0.25, 0.3) is 11.1 Å². The van der Waals surface area contributed by atoms with Crippen molar-refractivity contribution in [2.75, 3.05) is 13.1 Å². The summed E-state index contributed by atoms with van der Waals surface area (Å²) in [7, 11) is -4.95. The standard InChI is InChI=1S/C22H17ClF6N2O5S.C14H26N2/c23-17-8-12(3-6-30-17)11-1-2-16(14(7-11)21(24,25)26)37(35,36)13-9-15(18(32)33)31(10-13)19(34)20(4-5-20)22(27,28)29;1-2-3-4-5-6-7-8-9-12-16-14(13-15)10-11-14/h1-3,6-8,13,15H,4-5,9-10H2,(H,32,33);16H,2-12H2,1H3/t13-,15+;/m1./s1. The third-order valence-corrected chi connectivity index (χ3v) is 12.5. The number of rotatable bonds is 15. The summed E-state index contributed by atoms with van der Waals surface area (Å²) in [5, 5.41) is 19.8. The molecule has 2 aromatic rings. The minimum absolute atomic E-state index is 0.0227. The van der Waals surface area contributed by atoms with Gasteiger partial charge in [0.1, 0.15) is 22.1 Å². The van der Waals surface area contributed by atoms with E-state index in [1.165, 1.54) is 69.7 Å². The lowest BCUT2D eigenvalue weighted by molar-refractivity contribution is -0.199. The Morgan fingerprint density at radius 1 is 0.981 bits per heavy atom. The molecule has 2 N–H and O–H groups in total. The summed E-state index contributed by atoms with van der Waals surface area (Å²) in [6, 6.07) is 5.39. The number of carbonyl (C=O) groups excluding carboxylic acids is 1. The van der Waals surface area contributed by atoms with Crippen molar-refractivity contribution < 1.29 is 49.5 Å². The fourth-order valence-electron chi connectivity index (χ4n) is 6.48. The Bertz CT molecular complexity index is 1770. The molecular weight excluding hydrogens is 750 g/mol. The average Bonchev–Trinajstić information content (AvgIpc) is 4.03. The van der Waals surface area contributed by atoms with E-state index in [0.717, 1.165) is 25.5 Å². The Labute approximate surface area is 310 Å². The van der Waals surface area contributed by atoms with Gasteiger partial charge in [0.05, 0.1) is 21.8 Å². The monoisotopic (exact) mass is 792 g/mol. The second-order valence-corrected chi connectivity index (χ2v) is 16.5. The number of nitriles is 1. The van der Waals surface area contributed by atoms with Crippen LogP contribution in [0.4, 0.5) is 26.3 Å². The number of nitrogens with zero attached hydrogens (tertiary/aromatic N) is 3. The van der Waals surface area contributed by atoms with Crippen molar-refractivity contribution in [3.63, 3.8) is 0 Å². The van der Waals surface area contributed by atoms with Gasteiger partial charge in [-0.3, -0.25) is 10.1 Å². The lowest BCUT2D eigenvalue weighted by Gasteiger charge is -2.28. The largest absolute Gasteiger partial charge is 0.480 e. The molecule has 5 rings (SSSR count). The number of aromatic nitrogens is 1. The fourth-order valence-corrected chi connectivity index (χ4v) is 8.54. The molecule has 1 aliphatic heterocycles. The number of hydrogen-bond donors (Lipinski definition) is 2. The first-order valence-electron chi connectivity index (χ1n) is 17.7. The summed E-state index contributed by atoms with van der Waals surface area (Å²) < 4.78 is 109. The first-order chi connectivity index (χ1) is 24.8.